The van der Waals surface area contributed by atoms with Gasteiger partial charge in [0.05, 0.1) is 13.2 Å². The van der Waals surface area contributed by atoms with Gasteiger partial charge in [0.25, 0.3) is 0 Å². The highest BCUT2D eigenvalue weighted by atomic mass is 16.5. The molecule has 0 N–H and O–H groups in total. The lowest BCUT2D eigenvalue weighted by Crippen LogP contribution is -2.40. The Morgan fingerprint density at radius 1 is 1.40 bits per heavy atom. The predicted molar refractivity (Wildman–Crippen MR) is 77.6 cm³/mol. The topological polar surface area (TPSA) is 42.7 Å². The van der Waals surface area contributed by atoms with Gasteiger partial charge in [0.2, 0.25) is 5.76 Å². The molecule has 4 heteroatoms. The third kappa shape index (κ3) is 3.06. The summed E-state index contributed by atoms with van der Waals surface area (Å²) in [5, 5.41) is 0. The molecule has 0 radical (unpaired) electrons. The number of methoxy groups -OCH3 is 1. The maximum atomic E-state index is 11.4. The van der Waals surface area contributed by atoms with Crippen molar-refractivity contribution in [1.29, 1.82) is 0 Å². The van der Waals surface area contributed by atoms with Gasteiger partial charge in [0.1, 0.15) is 5.76 Å². The number of hydrogen-bond donors (Lipinski definition) is 0. The number of rotatable bonds is 4. The molecule has 0 amide bonds. The van der Waals surface area contributed by atoms with Crippen molar-refractivity contribution in [3.63, 3.8) is 0 Å². The summed E-state index contributed by atoms with van der Waals surface area (Å²) >= 11 is 0. The van der Waals surface area contributed by atoms with Gasteiger partial charge in [-0.15, -0.1) is 0 Å². The first-order valence-electron chi connectivity index (χ1n) is 7.44. The first-order chi connectivity index (χ1) is 9.54. The largest absolute Gasteiger partial charge is 0.463 e. The fourth-order valence-electron chi connectivity index (χ4n) is 3.18. The molecule has 0 aromatic carbocycles. The quantitative estimate of drug-likeness (QED) is 0.789. The smallest absolute Gasteiger partial charge is 0.373 e. The van der Waals surface area contributed by atoms with Crippen molar-refractivity contribution in [1.82, 2.24) is 4.90 Å². The fraction of sp³-hybridized carbons (Fsp3) is 0.688. The molecule has 1 fully saturated rings. The number of nitrogens with zero attached hydrogens (tertiary/aromatic N) is 1. The lowest BCUT2D eigenvalue weighted by Gasteiger charge is -2.39. The van der Waals surface area contributed by atoms with Crippen LogP contribution in [0, 0.1) is 5.92 Å². The van der Waals surface area contributed by atoms with E-state index in [1.165, 1.54) is 32.8 Å². The zero-order valence-electron chi connectivity index (χ0n) is 12.9. The molecule has 0 aliphatic heterocycles. The Bertz CT molecular complexity index is 454. The summed E-state index contributed by atoms with van der Waals surface area (Å²) in [6.07, 6.45) is 5.19. The van der Waals surface area contributed by atoms with Crippen LogP contribution < -0.4 is 0 Å². The number of hydrogen-bond acceptors (Lipinski definition) is 4. The third-order valence-electron chi connectivity index (χ3n) is 4.63. The van der Waals surface area contributed by atoms with Crippen molar-refractivity contribution in [2.45, 2.75) is 51.6 Å². The van der Waals surface area contributed by atoms with E-state index in [0.29, 0.717) is 12.0 Å². The lowest BCUT2D eigenvalue weighted by atomic mass is 9.84. The van der Waals surface area contributed by atoms with Crippen LogP contribution >= 0.6 is 0 Å². The van der Waals surface area contributed by atoms with E-state index < -0.39 is 5.97 Å². The summed E-state index contributed by atoms with van der Waals surface area (Å²) < 4.78 is 10.3. The molecule has 1 aliphatic carbocycles. The van der Waals surface area contributed by atoms with Crippen molar-refractivity contribution in [2.75, 3.05) is 14.2 Å². The maximum Gasteiger partial charge on any atom is 0.373 e. The van der Waals surface area contributed by atoms with Crippen molar-refractivity contribution < 1.29 is 13.9 Å². The van der Waals surface area contributed by atoms with Gasteiger partial charge in [0.15, 0.2) is 0 Å². The van der Waals surface area contributed by atoms with Gasteiger partial charge in [-0.05, 0) is 44.9 Å². The minimum atomic E-state index is -0.419. The number of esters is 1. The van der Waals surface area contributed by atoms with Crippen LogP contribution in [0.15, 0.2) is 16.5 Å². The molecule has 0 saturated heterocycles. The second kappa shape index (κ2) is 6.44. The summed E-state index contributed by atoms with van der Waals surface area (Å²) in [7, 11) is 3.52. The fourth-order valence-corrected chi connectivity index (χ4v) is 3.18. The van der Waals surface area contributed by atoms with Crippen LogP contribution in [0.1, 0.15) is 61.9 Å². The third-order valence-corrected chi connectivity index (χ3v) is 4.63. The van der Waals surface area contributed by atoms with Crippen molar-refractivity contribution in [3.05, 3.63) is 23.7 Å². The van der Waals surface area contributed by atoms with Crippen molar-refractivity contribution in [2.24, 2.45) is 5.92 Å². The molecule has 112 valence electrons. The van der Waals surface area contributed by atoms with Gasteiger partial charge in [-0.2, -0.15) is 0 Å². The van der Waals surface area contributed by atoms with Crippen LogP contribution in [-0.4, -0.2) is 31.1 Å². The van der Waals surface area contributed by atoms with Crippen LogP contribution in [0.5, 0.6) is 0 Å². The highest BCUT2D eigenvalue weighted by Gasteiger charge is 2.29. The first kappa shape index (κ1) is 15.1. The minimum absolute atomic E-state index is 0.166. The monoisotopic (exact) mass is 279 g/mol. The number of carbonyl (C=O) groups excluding carboxylic acids is 1. The van der Waals surface area contributed by atoms with E-state index in [2.05, 4.69) is 30.5 Å². The average Bonchev–Trinajstić information content (AvgIpc) is 2.95. The van der Waals surface area contributed by atoms with E-state index in [1.807, 2.05) is 6.07 Å². The number of ether oxygens (including phenoxy) is 1. The van der Waals surface area contributed by atoms with E-state index in [-0.39, 0.29) is 11.8 Å². The second-order valence-corrected chi connectivity index (χ2v) is 5.86. The zero-order chi connectivity index (χ0) is 14.7. The van der Waals surface area contributed by atoms with Crippen molar-refractivity contribution >= 4 is 5.97 Å². The van der Waals surface area contributed by atoms with Gasteiger partial charge in [-0.25, -0.2) is 4.79 Å². The van der Waals surface area contributed by atoms with Crippen LogP contribution in [0.3, 0.4) is 0 Å². The Kier molecular flexibility index (Phi) is 4.86. The summed E-state index contributed by atoms with van der Waals surface area (Å²) in [6.45, 7) is 4.45. The molecule has 3 atom stereocenters. The van der Waals surface area contributed by atoms with Crippen LogP contribution in [0.2, 0.25) is 0 Å². The summed E-state index contributed by atoms with van der Waals surface area (Å²) in [6, 6.07) is 4.32. The van der Waals surface area contributed by atoms with Gasteiger partial charge >= 0.3 is 5.97 Å². The van der Waals surface area contributed by atoms with E-state index >= 15 is 0 Å². The molecular weight excluding hydrogens is 254 g/mol. The molecular formula is C16H25NO3. The highest BCUT2D eigenvalue weighted by Crippen LogP contribution is 2.32. The molecule has 1 saturated carbocycles. The standard InChI is InChI=1S/C16H25NO3/c1-11-7-5-6-8-13(11)17(3)12(2)14-9-10-15(20-14)16(18)19-4/h9-13H,5-8H2,1-4H3. The summed E-state index contributed by atoms with van der Waals surface area (Å²) in [5.41, 5.74) is 0. The molecule has 4 nitrogen and oxygen atoms in total. The zero-order valence-corrected chi connectivity index (χ0v) is 12.9. The van der Waals surface area contributed by atoms with Gasteiger partial charge in [0, 0.05) is 6.04 Å². The predicted octanol–water partition coefficient (Wildman–Crippen LogP) is 3.64. The summed E-state index contributed by atoms with van der Waals surface area (Å²) in [4.78, 5) is 13.8. The van der Waals surface area contributed by atoms with Gasteiger partial charge in [-0.1, -0.05) is 19.8 Å². The SMILES string of the molecule is COC(=O)c1ccc(C(C)N(C)C2CCCCC2C)o1. The van der Waals surface area contributed by atoms with Crippen molar-refractivity contribution in [3.8, 4) is 0 Å². The second-order valence-electron chi connectivity index (χ2n) is 5.86. The molecule has 0 bridgehead atoms. The molecule has 0 spiro atoms. The minimum Gasteiger partial charge on any atom is -0.463 e. The van der Waals surface area contributed by atoms with Gasteiger partial charge < -0.3 is 9.15 Å². The average molecular weight is 279 g/mol. The first-order valence-corrected chi connectivity index (χ1v) is 7.44. The molecule has 2 rings (SSSR count). The van der Waals surface area contributed by atoms with Crippen LogP contribution in [0.4, 0.5) is 0 Å². The van der Waals surface area contributed by atoms with E-state index in [0.717, 1.165) is 5.76 Å². The van der Waals surface area contributed by atoms with Crippen LogP contribution in [-0.2, 0) is 4.74 Å². The van der Waals surface area contributed by atoms with E-state index in [4.69, 9.17) is 4.42 Å². The Labute approximate surface area is 121 Å². The molecule has 1 aromatic heterocycles. The Morgan fingerprint density at radius 2 is 2.10 bits per heavy atom. The van der Waals surface area contributed by atoms with Crippen LogP contribution in [0.25, 0.3) is 0 Å². The Balaban J connectivity index is 2.07. The molecule has 20 heavy (non-hydrogen) atoms. The molecule has 3 unspecified atom stereocenters. The normalized spacial score (nSPS) is 24.6. The Hall–Kier alpha value is -1.29. The maximum absolute atomic E-state index is 11.4. The number of carbonyl (C=O) groups is 1. The molecule has 1 heterocycles. The number of furan rings is 1. The highest BCUT2D eigenvalue weighted by molar-refractivity contribution is 5.86. The molecule has 1 aliphatic rings. The summed E-state index contributed by atoms with van der Waals surface area (Å²) in [5.74, 6) is 1.40. The lowest BCUT2D eigenvalue weighted by molar-refractivity contribution is 0.0551. The van der Waals surface area contributed by atoms with Gasteiger partial charge in [-0.3, -0.25) is 4.90 Å². The van der Waals surface area contributed by atoms with E-state index in [1.54, 1.807) is 6.07 Å². The molecule has 1 aromatic rings. The van der Waals surface area contributed by atoms with E-state index in [9.17, 15) is 4.79 Å². The Morgan fingerprint density at radius 3 is 2.75 bits per heavy atom.